The molecular formula is C12H22BNO4S2. The summed E-state index contributed by atoms with van der Waals surface area (Å²) in [5, 5.41) is 19.8. The molecule has 8 heteroatoms. The van der Waals surface area contributed by atoms with Crippen molar-refractivity contribution in [2.45, 2.75) is 51.3 Å². The van der Waals surface area contributed by atoms with E-state index in [2.05, 4.69) is 4.72 Å². The molecule has 0 atom stereocenters. The zero-order valence-electron chi connectivity index (χ0n) is 12.5. The average Bonchev–Trinajstić information content (AvgIpc) is 2.61. The molecule has 0 bridgehead atoms. The molecular weight excluding hydrogens is 297 g/mol. The van der Waals surface area contributed by atoms with Gasteiger partial charge in [-0.25, -0.2) is 13.1 Å². The van der Waals surface area contributed by atoms with Gasteiger partial charge in [-0.2, -0.15) is 0 Å². The van der Waals surface area contributed by atoms with Gasteiger partial charge in [0.05, 0.1) is 4.75 Å². The van der Waals surface area contributed by atoms with E-state index in [1.54, 1.807) is 46.1 Å². The second kappa shape index (κ2) is 5.77. The molecule has 0 fully saturated rings. The number of thiophene rings is 1. The molecule has 0 aliphatic heterocycles. The van der Waals surface area contributed by atoms with Crippen molar-refractivity contribution in [1.82, 2.24) is 4.72 Å². The lowest BCUT2D eigenvalue weighted by molar-refractivity contribution is 0.426. The summed E-state index contributed by atoms with van der Waals surface area (Å²) in [4.78, 5) is 0.803. The van der Waals surface area contributed by atoms with Gasteiger partial charge in [0, 0.05) is 16.8 Å². The third kappa shape index (κ3) is 4.56. The zero-order chi connectivity index (χ0) is 15.8. The van der Waals surface area contributed by atoms with Gasteiger partial charge in [0.2, 0.25) is 10.0 Å². The number of hydrogen-bond donors (Lipinski definition) is 3. The van der Waals surface area contributed by atoms with E-state index in [4.69, 9.17) is 10.0 Å². The van der Waals surface area contributed by atoms with Crippen molar-refractivity contribution in [2.24, 2.45) is 0 Å². The molecule has 1 aromatic rings. The van der Waals surface area contributed by atoms with Gasteiger partial charge in [-0.3, -0.25) is 0 Å². The van der Waals surface area contributed by atoms with Gasteiger partial charge in [0.25, 0.3) is 0 Å². The minimum absolute atomic E-state index is 0.315. The highest BCUT2D eigenvalue weighted by Gasteiger charge is 2.37. The lowest BCUT2D eigenvalue weighted by Crippen LogP contribution is -2.50. The van der Waals surface area contributed by atoms with E-state index in [1.807, 2.05) is 0 Å². The SMILES string of the molecule is CC(C)(C)NS(=O)(=O)C(C)(C)Cc1cc(B(O)O)cs1. The summed E-state index contributed by atoms with van der Waals surface area (Å²) < 4.78 is 26.5. The van der Waals surface area contributed by atoms with Crippen molar-refractivity contribution in [3.63, 3.8) is 0 Å². The van der Waals surface area contributed by atoms with E-state index in [0.717, 1.165) is 4.88 Å². The number of hydrogen-bond acceptors (Lipinski definition) is 5. The van der Waals surface area contributed by atoms with Gasteiger partial charge in [0.15, 0.2) is 0 Å². The Balaban J connectivity index is 2.93. The monoisotopic (exact) mass is 319 g/mol. The second-order valence-electron chi connectivity index (χ2n) is 6.51. The molecule has 20 heavy (non-hydrogen) atoms. The molecule has 0 aromatic carbocycles. The molecule has 3 N–H and O–H groups in total. The van der Waals surface area contributed by atoms with Gasteiger partial charge < -0.3 is 10.0 Å². The van der Waals surface area contributed by atoms with Crippen LogP contribution in [0, 0.1) is 0 Å². The number of rotatable bonds is 5. The van der Waals surface area contributed by atoms with Crippen molar-refractivity contribution in [2.75, 3.05) is 0 Å². The molecule has 0 radical (unpaired) electrons. The van der Waals surface area contributed by atoms with Crippen LogP contribution in [0.25, 0.3) is 0 Å². The van der Waals surface area contributed by atoms with Crippen molar-refractivity contribution in [3.05, 3.63) is 16.3 Å². The highest BCUT2D eigenvalue weighted by Crippen LogP contribution is 2.25. The van der Waals surface area contributed by atoms with Crippen molar-refractivity contribution >= 4 is 33.9 Å². The largest absolute Gasteiger partial charge is 0.489 e. The van der Waals surface area contributed by atoms with Crippen LogP contribution >= 0.6 is 11.3 Å². The van der Waals surface area contributed by atoms with Crippen LogP contribution in [0.15, 0.2) is 11.4 Å². The maximum absolute atomic E-state index is 12.4. The first-order chi connectivity index (χ1) is 8.84. The fourth-order valence-corrected chi connectivity index (χ4v) is 4.33. The van der Waals surface area contributed by atoms with E-state index in [1.165, 1.54) is 11.3 Å². The van der Waals surface area contributed by atoms with Crippen LogP contribution in [-0.4, -0.2) is 35.9 Å². The Morgan fingerprint density at radius 2 is 1.80 bits per heavy atom. The molecule has 1 heterocycles. The number of nitrogens with one attached hydrogen (secondary N) is 1. The molecule has 0 aliphatic rings. The Hall–Kier alpha value is -0.405. The third-order valence-electron chi connectivity index (χ3n) is 2.74. The normalized spacial score (nSPS) is 13.6. The van der Waals surface area contributed by atoms with Gasteiger partial charge in [-0.15, -0.1) is 11.3 Å². The fraction of sp³-hybridized carbons (Fsp3) is 0.667. The van der Waals surface area contributed by atoms with Gasteiger partial charge in [0.1, 0.15) is 0 Å². The predicted molar refractivity (Wildman–Crippen MR) is 83.7 cm³/mol. The van der Waals surface area contributed by atoms with Crippen LogP contribution < -0.4 is 10.2 Å². The Morgan fingerprint density at radius 3 is 2.20 bits per heavy atom. The summed E-state index contributed by atoms with van der Waals surface area (Å²) in [6.07, 6.45) is 0.315. The summed E-state index contributed by atoms with van der Waals surface area (Å²) in [7, 11) is -5.02. The van der Waals surface area contributed by atoms with Crippen molar-refractivity contribution in [3.8, 4) is 0 Å². The number of sulfonamides is 1. The first-order valence-electron chi connectivity index (χ1n) is 6.31. The summed E-state index contributed by atoms with van der Waals surface area (Å²) in [6, 6.07) is 1.63. The highest BCUT2D eigenvalue weighted by atomic mass is 32.2. The maximum atomic E-state index is 12.4. The standard InChI is InChI=1S/C12H22BNO4S2/c1-11(2,3)14-20(17,18)12(4,5)7-10-6-9(8-19-10)13(15)16/h6,8,14-16H,7H2,1-5H3. The summed E-state index contributed by atoms with van der Waals surface area (Å²) in [6.45, 7) is 8.72. The summed E-state index contributed by atoms with van der Waals surface area (Å²) in [5.74, 6) is 0. The molecule has 0 amide bonds. The Labute approximate surface area is 125 Å². The average molecular weight is 319 g/mol. The Kier molecular flexibility index (Phi) is 5.09. The topological polar surface area (TPSA) is 86.6 Å². The zero-order valence-corrected chi connectivity index (χ0v) is 14.1. The van der Waals surface area contributed by atoms with Gasteiger partial charge >= 0.3 is 7.12 Å². The van der Waals surface area contributed by atoms with E-state index >= 15 is 0 Å². The second-order valence-corrected chi connectivity index (χ2v) is 9.82. The lowest BCUT2D eigenvalue weighted by atomic mass is 9.82. The maximum Gasteiger partial charge on any atom is 0.489 e. The van der Waals surface area contributed by atoms with Crippen LogP contribution in [0.2, 0.25) is 0 Å². The van der Waals surface area contributed by atoms with E-state index < -0.39 is 27.4 Å². The Bertz CT molecular complexity index is 558. The highest BCUT2D eigenvalue weighted by molar-refractivity contribution is 7.90. The summed E-state index contributed by atoms with van der Waals surface area (Å²) in [5.41, 5.74) is -0.139. The van der Waals surface area contributed by atoms with E-state index in [0.29, 0.717) is 11.9 Å². The first kappa shape index (κ1) is 17.6. The molecule has 5 nitrogen and oxygen atoms in total. The quantitative estimate of drug-likeness (QED) is 0.689. The van der Waals surface area contributed by atoms with Gasteiger partial charge in [-0.05, 0) is 51.5 Å². The van der Waals surface area contributed by atoms with Crippen LogP contribution in [0.4, 0.5) is 0 Å². The molecule has 0 unspecified atom stereocenters. The van der Waals surface area contributed by atoms with Crippen LogP contribution in [0.3, 0.4) is 0 Å². The van der Waals surface area contributed by atoms with Crippen LogP contribution in [0.5, 0.6) is 0 Å². The lowest BCUT2D eigenvalue weighted by Gasteiger charge is -2.30. The molecule has 114 valence electrons. The molecule has 0 spiro atoms. The van der Waals surface area contributed by atoms with Gasteiger partial charge in [-0.1, -0.05) is 0 Å². The molecule has 1 aromatic heterocycles. The first-order valence-corrected chi connectivity index (χ1v) is 8.67. The molecule has 0 saturated heterocycles. The van der Waals surface area contributed by atoms with E-state index in [9.17, 15) is 8.42 Å². The molecule has 1 rings (SSSR count). The fourth-order valence-electron chi connectivity index (χ4n) is 1.68. The van der Waals surface area contributed by atoms with Crippen LogP contribution in [0.1, 0.15) is 39.5 Å². The predicted octanol–water partition coefficient (Wildman–Crippen LogP) is 0.467. The van der Waals surface area contributed by atoms with Crippen molar-refractivity contribution < 1.29 is 18.5 Å². The smallest absolute Gasteiger partial charge is 0.423 e. The minimum Gasteiger partial charge on any atom is -0.423 e. The van der Waals surface area contributed by atoms with Crippen molar-refractivity contribution in [1.29, 1.82) is 0 Å². The minimum atomic E-state index is -3.50. The Morgan fingerprint density at radius 1 is 1.25 bits per heavy atom. The van der Waals surface area contributed by atoms with E-state index in [-0.39, 0.29) is 0 Å². The summed E-state index contributed by atoms with van der Waals surface area (Å²) >= 11 is 1.33. The molecule has 0 aliphatic carbocycles. The van der Waals surface area contributed by atoms with Crippen LogP contribution in [-0.2, 0) is 16.4 Å². The third-order valence-corrected chi connectivity index (χ3v) is 6.18. The molecule has 0 saturated carbocycles.